The van der Waals surface area contributed by atoms with Gasteiger partial charge < -0.3 is 4.57 Å². The highest BCUT2D eigenvalue weighted by Gasteiger charge is 2.41. The van der Waals surface area contributed by atoms with Crippen molar-refractivity contribution in [2.75, 3.05) is 0 Å². The van der Waals surface area contributed by atoms with Crippen LogP contribution in [0, 0.1) is 0 Å². The number of fused-ring (bicyclic) bond motifs is 2. The van der Waals surface area contributed by atoms with Crippen molar-refractivity contribution in [1.29, 1.82) is 0 Å². The van der Waals surface area contributed by atoms with E-state index in [0.29, 0.717) is 0 Å². The van der Waals surface area contributed by atoms with Crippen molar-refractivity contribution >= 4 is 45.9 Å². The van der Waals surface area contributed by atoms with E-state index in [2.05, 4.69) is 34.7 Å². The summed E-state index contributed by atoms with van der Waals surface area (Å²) >= 11 is 2.40. The van der Waals surface area contributed by atoms with E-state index in [9.17, 15) is 4.57 Å². The lowest BCUT2D eigenvalue weighted by molar-refractivity contribution is 0.590. The zero-order valence-corrected chi connectivity index (χ0v) is 14.5. The minimum absolute atomic E-state index is 0.908. The van der Waals surface area contributed by atoms with Crippen LogP contribution in [0.1, 0.15) is 18.4 Å². The molecule has 0 radical (unpaired) electrons. The quantitative estimate of drug-likeness (QED) is 0.491. The lowest BCUT2D eigenvalue weighted by Crippen LogP contribution is -2.15. The summed E-state index contributed by atoms with van der Waals surface area (Å²) in [4.78, 5) is 0. The summed E-state index contributed by atoms with van der Waals surface area (Å²) in [7, 11) is -2.64. The molecule has 1 atom stereocenters. The van der Waals surface area contributed by atoms with E-state index in [4.69, 9.17) is 0 Å². The van der Waals surface area contributed by atoms with Gasteiger partial charge in [-0.25, -0.2) is 0 Å². The largest absolute Gasteiger partial charge is 0.309 e. The average Bonchev–Trinajstić information content (AvgIpc) is 2.79. The van der Waals surface area contributed by atoms with Crippen LogP contribution in [0.2, 0.25) is 0 Å². The van der Waals surface area contributed by atoms with Crippen LogP contribution in [0.4, 0.5) is 0 Å². The Kier molecular flexibility index (Phi) is 3.20. The molecule has 0 N–H and O–H groups in total. The number of rotatable bonds is 1. The minimum Gasteiger partial charge on any atom is -0.309 e. The molecule has 0 fully saturated rings. The predicted octanol–water partition coefficient (Wildman–Crippen LogP) is 4.84. The molecule has 1 aliphatic heterocycles. The zero-order chi connectivity index (χ0) is 14.4. The number of benzene rings is 2. The fourth-order valence-electron chi connectivity index (χ4n) is 3.30. The van der Waals surface area contributed by atoms with E-state index in [1.54, 1.807) is 0 Å². The highest BCUT2D eigenvalue weighted by atomic mass is 127. The Morgan fingerprint density at radius 3 is 2.43 bits per heavy atom. The topological polar surface area (TPSA) is 17.1 Å². The van der Waals surface area contributed by atoms with Gasteiger partial charge in [-0.15, -0.1) is 0 Å². The first-order chi connectivity index (χ1) is 10.2. The summed E-state index contributed by atoms with van der Waals surface area (Å²) < 4.78 is 15.4. The molecule has 1 unspecified atom stereocenters. The third-order valence-corrected chi connectivity index (χ3v) is 8.42. The fraction of sp³-hybridized carbons (Fsp3) is 0.111. The van der Waals surface area contributed by atoms with Crippen LogP contribution in [0.15, 0.2) is 69.6 Å². The van der Waals surface area contributed by atoms with Crippen molar-refractivity contribution in [3.8, 4) is 0 Å². The average molecular weight is 404 g/mol. The molecule has 0 saturated heterocycles. The Hall–Kier alpha value is -1.12. The number of halogens is 1. The Morgan fingerprint density at radius 2 is 1.62 bits per heavy atom. The maximum Gasteiger partial charge on any atom is 0.168 e. The van der Waals surface area contributed by atoms with Crippen molar-refractivity contribution in [3.63, 3.8) is 0 Å². The summed E-state index contributed by atoms with van der Waals surface area (Å²) in [6.07, 6.45) is 4.13. The van der Waals surface area contributed by atoms with Gasteiger partial charge in [-0.3, -0.25) is 0 Å². The summed E-state index contributed by atoms with van der Waals surface area (Å²) in [5, 5.41) is 3.13. The highest BCUT2D eigenvalue weighted by Crippen LogP contribution is 2.63. The third kappa shape index (κ3) is 1.92. The Balaban J connectivity index is 2.06. The first-order valence-corrected chi connectivity index (χ1v) is 9.85. The van der Waals surface area contributed by atoms with Gasteiger partial charge >= 0.3 is 0 Å². The Labute approximate surface area is 138 Å². The molecule has 104 valence electrons. The van der Waals surface area contributed by atoms with Crippen LogP contribution in [-0.2, 0) is 4.57 Å². The SMILES string of the molecule is O=P1(c2ccccc2)C2=C(C=C(I)CC2)c2ccccc21. The molecule has 2 aromatic carbocycles. The second-order valence-corrected chi connectivity index (χ2v) is 9.56. The summed E-state index contributed by atoms with van der Waals surface area (Å²) in [6.45, 7) is 0. The van der Waals surface area contributed by atoms with Crippen LogP contribution in [0.25, 0.3) is 5.57 Å². The fourth-order valence-corrected chi connectivity index (χ4v) is 7.13. The third-order valence-electron chi connectivity index (χ3n) is 4.25. The smallest absolute Gasteiger partial charge is 0.168 e. The van der Waals surface area contributed by atoms with E-state index >= 15 is 0 Å². The van der Waals surface area contributed by atoms with E-state index in [0.717, 1.165) is 34.3 Å². The minimum atomic E-state index is -2.64. The molecule has 0 spiro atoms. The first-order valence-electron chi connectivity index (χ1n) is 7.06. The lowest BCUT2D eigenvalue weighted by Gasteiger charge is -2.20. The molecule has 1 aliphatic carbocycles. The molecular weight excluding hydrogens is 390 g/mol. The van der Waals surface area contributed by atoms with E-state index in [1.165, 1.54) is 9.15 Å². The highest BCUT2D eigenvalue weighted by molar-refractivity contribution is 14.1. The molecule has 2 aromatic rings. The standard InChI is InChI=1S/C18H14IOP/c19-13-10-11-18-16(12-13)15-8-4-5-9-17(15)21(18,20)14-6-2-1-3-7-14/h1-9,12H,10-11H2. The van der Waals surface area contributed by atoms with Gasteiger partial charge in [-0.1, -0.05) is 54.6 Å². The second-order valence-electron chi connectivity index (χ2n) is 5.41. The van der Waals surface area contributed by atoms with Gasteiger partial charge in [0.25, 0.3) is 0 Å². The lowest BCUT2D eigenvalue weighted by atomic mass is 10.00. The van der Waals surface area contributed by atoms with Gasteiger partial charge in [0.05, 0.1) is 0 Å². The van der Waals surface area contributed by atoms with Crippen molar-refractivity contribution < 1.29 is 4.57 Å². The van der Waals surface area contributed by atoms with Crippen LogP contribution in [-0.4, -0.2) is 0 Å². The maximum atomic E-state index is 14.0. The number of hydrogen-bond donors (Lipinski definition) is 0. The molecule has 3 heteroatoms. The van der Waals surface area contributed by atoms with Gasteiger partial charge in [0.1, 0.15) is 0 Å². The maximum absolute atomic E-state index is 14.0. The molecule has 1 heterocycles. The van der Waals surface area contributed by atoms with Gasteiger partial charge in [-0.2, -0.15) is 0 Å². The van der Waals surface area contributed by atoms with Crippen LogP contribution >= 0.6 is 29.7 Å². The van der Waals surface area contributed by atoms with Crippen LogP contribution in [0.5, 0.6) is 0 Å². The van der Waals surface area contributed by atoms with Crippen molar-refractivity contribution in [1.82, 2.24) is 0 Å². The van der Waals surface area contributed by atoms with Crippen molar-refractivity contribution in [2.45, 2.75) is 12.8 Å². The Morgan fingerprint density at radius 1 is 0.905 bits per heavy atom. The molecule has 0 aromatic heterocycles. The molecule has 21 heavy (non-hydrogen) atoms. The molecule has 2 aliphatic rings. The predicted molar refractivity (Wildman–Crippen MR) is 98.0 cm³/mol. The number of hydrogen-bond acceptors (Lipinski definition) is 1. The van der Waals surface area contributed by atoms with Gasteiger partial charge in [0.2, 0.25) is 0 Å². The summed E-state index contributed by atoms with van der Waals surface area (Å²) in [6, 6.07) is 18.2. The Bertz CT molecular complexity index is 833. The monoisotopic (exact) mass is 404 g/mol. The number of allylic oxidation sites excluding steroid dienone is 4. The van der Waals surface area contributed by atoms with Crippen molar-refractivity contribution in [3.05, 3.63) is 75.1 Å². The molecule has 4 rings (SSSR count). The first kappa shape index (κ1) is 13.5. The normalized spacial score (nSPS) is 23.6. The van der Waals surface area contributed by atoms with E-state index in [-0.39, 0.29) is 0 Å². The van der Waals surface area contributed by atoms with Gasteiger partial charge in [-0.05, 0) is 56.2 Å². The molecule has 0 amide bonds. The molecule has 0 bridgehead atoms. The van der Waals surface area contributed by atoms with Gasteiger partial charge in [0.15, 0.2) is 7.14 Å². The zero-order valence-electron chi connectivity index (χ0n) is 11.4. The summed E-state index contributed by atoms with van der Waals surface area (Å²) in [5.41, 5.74) is 2.36. The van der Waals surface area contributed by atoms with Crippen LogP contribution in [0.3, 0.4) is 0 Å². The van der Waals surface area contributed by atoms with Gasteiger partial charge in [0, 0.05) is 15.9 Å². The van der Waals surface area contributed by atoms with Crippen molar-refractivity contribution in [2.24, 2.45) is 0 Å². The molecular formula is C18H14IOP. The molecule has 0 saturated carbocycles. The van der Waals surface area contributed by atoms with E-state index < -0.39 is 7.14 Å². The van der Waals surface area contributed by atoms with Crippen LogP contribution < -0.4 is 10.6 Å². The second kappa shape index (κ2) is 4.96. The molecule has 1 nitrogen and oxygen atoms in total. The summed E-state index contributed by atoms with van der Waals surface area (Å²) in [5.74, 6) is 0. The van der Waals surface area contributed by atoms with E-state index in [1.807, 2.05) is 48.5 Å².